The topological polar surface area (TPSA) is 62.5 Å². The maximum atomic E-state index is 5.18. The number of rotatable bonds is 5. The number of aliphatic imine (C=N–C) groups is 1. The third-order valence-corrected chi connectivity index (χ3v) is 2.79. The number of hydrogen-bond donors (Lipinski definition) is 2. The zero-order valence-corrected chi connectivity index (χ0v) is 11.6. The number of nitrogens with zero attached hydrogens (tertiary/aromatic N) is 2. The summed E-state index contributed by atoms with van der Waals surface area (Å²) in [5, 5.41) is 10.4. The van der Waals surface area contributed by atoms with Gasteiger partial charge in [-0.25, -0.2) is 0 Å². The van der Waals surface area contributed by atoms with Crippen molar-refractivity contribution in [1.29, 1.82) is 0 Å². The second-order valence-electron chi connectivity index (χ2n) is 4.26. The highest BCUT2D eigenvalue weighted by Gasteiger charge is 2.16. The Morgan fingerprint density at radius 1 is 1.50 bits per heavy atom. The lowest BCUT2D eigenvalue weighted by Crippen LogP contribution is -2.39. The van der Waals surface area contributed by atoms with E-state index < -0.39 is 0 Å². The van der Waals surface area contributed by atoms with Crippen LogP contribution in [-0.4, -0.2) is 31.3 Å². The molecule has 100 valence electrons. The number of aryl methyl sites for hydroxylation is 2. The number of hydrogen-bond acceptors (Lipinski definition) is 3. The number of nitrogens with one attached hydrogen (secondary N) is 2. The summed E-state index contributed by atoms with van der Waals surface area (Å²) in [6, 6.07) is 0. The molecule has 0 aliphatic carbocycles. The van der Waals surface area contributed by atoms with Gasteiger partial charge in [0.2, 0.25) is 0 Å². The summed E-state index contributed by atoms with van der Waals surface area (Å²) in [7, 11) is 1.75. The van der Waals surface area contributed by atoms with Crippen LogP contribution in [0, 0.1) is 13.8 Å². The van der Waals surface area contributed by atoms with Crippen molar-refractivity contribution in [3.8, 4) is 0 Å². The molecule has 0 saturated carbocycles. The van der Waals surface area contributed by atoms with E-state index in [1.54, 1.807) is 13.1 Å². The average molecular weight is 250 g/mol. The highest BCUT2D eigenvalue weighted by molar-refractivity contribution is 5.79. The SMILES string of the molecule is C=CCNC(=NC)NCC(C)c1c(C)noc1C. The first-order valence-corrected chi connectivity index (χ1v) is 6.08. The first-order chi connectivity index (χ1) is 8.60. The van der Waals surface area contributed by atoms with Gasteiger partial charge in [0.25, 0.3) is 0 Å². The van der Waals surface area contributed by atoms with Crippen LogP contribution in [0.2, 0.25) is 0 Å². The molecule has 5 heteroatoms. The standard InChI is InChI=1S/C13H22N4O/c1-6-7-15-13(14-5)16-8-9(2)12-10(3)17-18-11(12)4/h6,9H,1,7-8H2,2-5H3,(H2,14,15,16). The molecule has 1 aromatic rings. The summed E-state index contributed by atoms with van der Waals surface area (Å²) in [5.74, 6) is 1.97. The van der Waals surface area contributed by atoms with Crippen LogP contribution in [-0.2, 0) is 0 Å². The zero-order chi connectivity index (χ0) is 13.5. The average Bonchev–Trinajstić information content (AvgIpc) is 2.69. The third-order valence-electron chi connectivity index (χ3n) is 2.79. The molecule has 1 atom stereocenters. The second-order valence-corrected chi connectivity index (χ2v) is 4.26. The van der Waals surface area contributed by atoms with Crippen LogP contribution < -0.4 is 10.6 Å². The van der Waals surface area contributed by atoms with Crippen molar-refractivity contribution in [2.45, 2.75) is 26.7 Å². The van der Waals surface area contributed by atoms with Crippen molar-refractivity contribution in [3.63, 3.8) is 0 Å². The smallest absolute Gasteiger partial charge is 0.191 e. The minimum atomic E-state index is 0.318. The quantitative estimate of drug-likeness (QED) is 0.475. The second kappa shape index (κ2) is 6.83. The molecule has 0 aromatic carbocycles. The molecule has 5 nitrogen and oxygen atoms in total. The summed E-state index contributed by atoms with van der Waals surface area (Å²) in [5.41, 5.74) is 2.12. The highest BCUT2D eigenvalue weighted by Crippen LogP contribution is 2.22. The van der Waals surface area contributed by atoms with E-state index in [0.29, 0.717) is 12.5 Å². The van der Waals surface area contributed by atoms with Gasteiger partial charge in [-0.1, -0.05) is 18.2 Å². The van der Waals surface area contributed by atoms with Gasteiger partial charge in [0.15, 0.2) is 5.96 Å². The van der Waals surface area contributed by atoms with E-state index in [2.05, 4.69) is 34.3 Å². The minimum Gasteiger partial charge on any atom is -0.361 e. The number of guanidine groups is 1. The van der Waals surface area contributed by atoms with Crippen LogP contribution in [0.1, 0.15) is 29.9 Å². The van der Waals surface area contributed by atoms with E-state index >= 15 is 0 Å². The lowest BCUT2D eigenvalue weighted by atomic mass is 10.00. The van der Waals surface area contributed by atoms with Gasteiger partial charge in [-0.05, 0) is 13.8 Å². The molecule has 1 unspecified atom stereocenters. The van der Waals surface area contributed by atoms with Crippen molar-refractivity contribution < 1.29 is 4.52 Å². The fourth-order valence-electron chi connectivity index (χ4n) is 1.93. The van der Waals surface area contributed by atoms with Crippen LogP contribution in [0.5, 0.6) is 0 Å². The van der Waals surface area contributed by atoms with Gasteiger partial charge in [0.1, 0.15) is 5.76 Å². The minimum absolute atomic E-state index is 0.318. The van der Waals surface area contributed by atoms with Gasteiger partial charge >= 0.3 is 0 Å². The molecular weight excluding hydrogens is 228 g/mol. The number of aromatic nitrogens is 1. The van der Waals surface area contributed by atoms with Crippen LogP contribution in [0.3, 0.4) is 0 Å². The molecule has 1 aromatic heterocycles. The van der Waals surface area contributed by atoms with Gasteiger partial charge in [0.05, 0.1) is 5.69 Å². The molecule has 0 aliphatic heterocycles. The van der Waals surface area contributed by atoms with E-state index in [1.165, 1.54) is 5.56 Å². The summed E-state index contributed by atoms with van der Waals surface area (Å²) in [4.78, 5) is 4.13. The normalized spacial score (nSPS) is 13.2. The molecule has 0 radical (unpaired) electrons. The van der Waals surface area contributed by atoms with Crippen LogP contribution in [0.25, 0.3) is 0 Å². The first-order valence-electron chi connectivity index (χ1n) is 6.08. The van der Waals surface area contributed by atoms with Gasteiger partial charge in [-0.2, -0.15) is 0 Å². The summed E-state index contributed by atoms with van der Waals surface area (Å²) < 4.78 is 5.18. The summed E-state index contributed by atoms with van der Waals surface area (Å²) >= 11 is 0. The first kappa shape index (κ1) is 14.3. The van der Waals surface area contributed by atoms with Crippen molar-refractivity contribution in [3.05, 3.63) is 29.7 Å². The predicted molar refractivity (Wildman–Crippen MR) is 74.0 cm³/mol. The van der Waals surface area contributed by atoms with Gasteiger partial charge in [0, 0.05) is 31.6 Å². The van der Waals surface area contributed by atoms with E-state index in [4.69, 9.17) is 4.52 Å². The van der Waals surface area contributed by atoms with Crippen molar-refractivity contribution in [2.24, 2.45) is 4.99 Å². The van der Waals surface area contributed by atoms with E-state index in [9.17, 15) is 0 Å². The van der Waals surface area contributed by atoms with Crippen LogP contribution in [0.15, 0.2) is 22.2 Å². The van der Waals surface area contributed by atoms with Crippen LogP contribution >= 0.6 is 0 Å². The van der Waals surface area contributed by atoms with E-state index in [1.807, 2.05) is 13.8 Å². The fraction of sp³-hybridized carbons (Fsp3) is 0.538. The molecule has 1 rings (SSSR count). The molecular formula is C13H22N4O. The lowest BCUT2D eigenvalue weighted by molar-refractivity contribution is 0.391. The van der Waals surface area contributed by atoms with E-state index in [-0.39, 0.29) is 0 Å². The Bertz CT molecular complexity index is 403. The molecule has 0 saturated heterocycles. The highest BCUT2D eigenvalue weighted by atomic mass is 16.5. The summed E-state index contributed by atoms with van der Waals surface area (Å²) in [6.07, 6.45) is 1.80. The van der Waals surface area contributed by atoms with Gasteiger partial charge in [-0.15, -0.1) is 6.58 Å². The summed E-state index contributed by atoms with van der Waals surface area (Å²) in [6.45, 7) is 11.2. The van der Waals surface area contributed by atoms with Gasteiger partial charge in [-0.3, -0.25) is 4.99 Å². The van der Waals surface area contributed by atoms with Crippen molar-refractivity contribution >= 4 is 5.96 Å². The molecule has 18 heavy (non-hydrogen) atoms. The largest absolute Gasteiger partial charge is 0.361 e. The molecule has 0 amide bonds. The maximum absolute atomic E-state index is 5.18. The Morgan fingerprint density at radius 3 is 2.72 bits per heavy atom. The van der Waals surface area contributed by atoms with E-state index in [0.717, 1.165) is 24.0 Å². The molecule has 0 aliphatic rings. The zero-order valence-electron chi connectivity index (χ0n) is 11.6. The Labute approximate surface area is 108 Å². The molecule has 1 heterocycles. The predicted octanol–water partition coefficient (Wildman–Crippen LogP) is 1.75. The lowest BCUT2D eigenvalue weighted by Gasteiger charge is -2.15. The fourth-order valence-corrected chi connectivity index (χ4v) is 1.93. The Kier molecular flexibility index (Phi) is 5.42. The molecule has 0 fully saturated rings. The third kappa shape index (κ3) is 3.61. The Balaban J connectivity index is 2.55. The van der Waals surface area contributed by atoms with Crippen molar-refractivity contribution in [2.75, 3.05) is 20.1 Å². The Morgan fingerprint density at radius 2 is 2.22 bits per heavy atom. The van der Waals surface area contributed by atoms with Crippen LogP contribution in [0.4, 0.5) is 0 Å². The Hall–Kier alpha value is -1.78. The van der Waals surface area contributed by atoms with Crippen molar-refractivity contribution in [1.82, 2.24) is 15.8 Å². The molecule has 0 spiro atoms. The monoisotopic (exact) mass is 250 g/mol. The molecule has 2 N–H and O–H groups in total. The van der Waals surface area contributed by atoms with Gasteiger partial charge < -0.3 is 15.2 Å². The maximum Gasteiger partial charge on any atom is 0.191 e. The molecule has 0 bridgehead atoms.